The largest absolute Gasteiger partial charge is 0.0891 e. The summed E-state index contributed by atoms with van der Waals surface area (Å²) in [6, 6.07) is 15.3. The van der Waals surface area contributed by atoms with Crippen molar-refractivity contribution >= 4 is 35.8 Å². The second-order valence-electron chi connectivity index (χ2n) is 3.61. The van der Waals surface area contributed by atoms with Gasteiger partial charge in [0, 0.05) is 4.47 Å². The molecule has 0 bridgehead atoms. The van der Waals surface area contributed by atoms with E-state index in [4.69, 9.17) is 0 Å². The van der Waals surface area contributed by atoms with E-state index in [1.807, 2.05) is 0 Å². The Morgan fingerprint density at radius 2 is 1.64 bits per heavy atom. The van der Waals surface area contributed by atoms with Gasteiger partial charge in [0.25, 0.3) is 0 Å². The van der Waals surface area contributed by atoms with Crippen LogP contribution in [0, 0.1) is 0 Å². The summed E-state index contributed by atoms with van der Waals surface area (Å²) in [6.07, 6.45) is 0. The molecule has 0 nitrogen and oxygen atoms in total. The van der Waals surface area contributed by atoms with Crippen molar-refractivity contribution in [1.29, 1.82) is 0 Å². The van der Waals surface area contributed by atoms with Crippen LogP contribution in [0.3, 0.4) is 0 Å². The van der Waals surface area contributed by atoms with Gasteiger partial charge in [-0.1, -0.05) is 62.7 Å². The molecule has 2 heteroatoms. The van der Waals surface area contributed by atoms with Crippen molar-refractivity contribution in [2.24, 2.45) is 0 Å². The number of hydrogen-bond acceptors (Lipinski definition) is 0. The molecule has 1 heterocycles. The fraction of sp³-hybridized carbons (Fsp3) is 0. The van der Waals surface area contributed by atoms with Gasteiger partial charge in [0.05, 0.1) is 9.52 Å². The van der Waals surface area contributed by atoms with Gasteiger partial charge in [0.1, 0.15) is 0 Å². The van der Waals surface area contributed by atoms with E-state index in [1.165, 1.54) is 15.6 Å². The minimum absolute atomic E-state index is 0.211. The van der Waals surface area contributed by atoms with Crippen LogP contribution in [0.1, 0.15) is 0 Å². The van der Waals surface area contributed by atoms with Crippen molar-refractivity contribution in [3.63, 3.8) is 0 Å². The Bertz CT molecular complexity index is 505. The summed E-state index contributed by atoms with van der Waals surface area (Å²) in [6.45, 7) is 0. The zero-order valence-electron chi connectivity index (χ0n) is 7.63. The average molecular weight is 261 g/mol. The highest BCUT2D eigenvalue weighted by atomic mass is 79.9. The van der Waals surface area contributed by atoms with E-state index in [1.54, 1.807) is 10.4 Å². The summed E-state index contributed by atoms with van der Waals surface area (Å²) in [7, 11) is -0.211. The molecule has 0 atom stereocenters. The standard InChI is InChI=1S/C12H9BrSi/c13-9-5-3-7-11-12(9)8-4-1-2-6-10(8)14-11/h1-7H,14H2. The van der Waals surface area contributed by atoms with E-state index in [0.29, 0.717) is 0 Å². The highest BCUT2D eigenvalue weighted by Gasteiger charge is 2.19. The molecule has 3 rings (SSSR count). The average Bonchev–Trinajstić information content (AvgIpc) is 2.57. The fourth-order valence-electron chi connectivity index (χ4n) is 2.14. The van der Waals surface area contributed by atoms with E-state index in [2.05, 4.69) is 58.4 Å². The Morgan fingerprint density at radius 3 is 2.57 bits per heavy atom. The van der Waals surface area contributed by atoms with Crippen LogP contribution in [0.2, 0.25) is 0 Å². The third-order valence-electron chi connectivity index (χ3n) is 2.77. The van der Waals surface area contributed by atoms with Crippen LogP contribution in [0.25, 0.3) is 11.1 Å². The highest BCUT2D eigenvalue weighted by Crippen LogP contribution is 2.27. The summed E-state index contributed by atoms with van der Waals surface area (Å²) in [4.78, 5) is 0. The molecule has 0 aliphatic carbocycles. The van der Waals surface area contributed by atoms with Gasteiger partial charge in [-0.25, -0.2) is 0 Å². The van der Waals surface area contributed by atoms with Crippen molar-refractivity contribution < 1.29 is 0 Å². The number of halogens is 1. The molecule has 1 aliphatic rings. The molecule has 0 saturated carbocycles. The Balaban J connectivity index is 2.35. The maximum atomic E-state index is 3.64. The Labute approximate surface area is 93.9 Å². The first-order chi connectivity index (χ1) is 6.86. The number of fused-ring (bicyclic) bond motifs is 3. The molecule has 68 valence electrons. The molecule has 0 amide bonds. The number of benzene rings is 2. The van der Waals surface area contributed by atoms with Crippen LogP contribution in [0.5, 0.6) is 0 Å². The third kappa shape index (κ3) is 1.11. The van der Waals surface area contributed by atoms with Gasteiger partial charge in [-0.2, -0.15) is 0 Å². The van der Waals surface area contributed by atoms with E-state index in [9.17, 15) is 0 Å². The maximum Gasteiger partial charge on any atom is 0.0891 e. The molecule has 1 aliphatic heterocycles. The van der Waals surface area contributed by atoms with E-state index in [-0.39, 0.29) is 9.52 Å². The van der Waals surface area contributed by atoms with Gasteiger partial charge in [0.15, 0.2) is 0 Å². The third-order valence-corrected chi connectivity index (χ3v) is 5.40. The summed E-state index contributed by atoms with van der Waals surface area (Å²) < 4.78 is 1.24. The molecule has 0 fully saturated rings. The van der Waals surface area contributed by atoms with Crippen molar-refractivity contribution in [2.75, 3.05) is 0 Å². The first-order valence-corrected chi connectivity index (χ1v) is 6.92. The van der Waals surface area contributed by atoms with Crippen molar-refractivity contribution in [1.82, 2.24) is 0 Å². The fourth-order valence-corrected chi connectivity index (χ4v) is 4.98. The molecular formula is C12H9BrSi. The van der Waals surface area contributed by atoms with Gasteiger partial charge in [-0.05, 0) is 17.2 Å². The van der Waals surface area contributed by atoms with Crippen LogP contribution in [0.4, 0.5) is 0 Å². The van der Waals surface area contributed by atoms with Crippen molar-refractivity contribution in [3.8, 4) is 11.1 Å². The summed E-state index contributed by atoms with van der Waals surface area (Å²) >= 11 is 3.64. The van der Waals surface area contributed by atoms with Crippen LogP contribution >= 0.6 is 15.9 Å². The summed E-state index contributed by atoms with van der Waals surface area (Å²) in [5, 5.41) is 3.15. The van der Waals surface area contributed by atoms with Crippen LogP contribution in [-0.2, 0) is 0 Å². The van der Waals surface area contributed by atoms with Gasteiger partial charge in [-0.3, -0.25) is 0 Å². The first kappa shape index (κ1) is 8.45. The highest BCUT2D eigenvalue weighted by molar-refractivity contribution is 9.10. The van der Waals surface area contributed by atoms with Crippen LogP contribution in [-0.4, -0.2) is 9.52 Å². The molecule has 0 N–H and O–H groups in total. The number of hydrogen-bond donors (Lipinski definition) is 0. The van der Waals surface area contributed by atoms with Gasteiger partial charge in [-0.15, -0.1) is 0 Å². The molecule has 14 heavy (non-hydrogen) atoms. The lowest BCUT2D eigenvalue weighted by atomic mass is 10.1. The van der Waals surface area contributed by atoms with Crippen LogP contribution < -0.4 is 10.4 Å². The molecule has 0 unspecified atom stereocenters. The zero-order chi connectivity index (χ0) is 9.54. The SMILES string of the molecule is Brc1cccc2c1-c1ccccc1[SiH2]2. The lowest BCUT2D eigenvalue weighted by molar-refractivity contribution is 1.66. The molecular weight excluding hydrogens is 252 g/mol. The Morgan fingerprint density at radius 1 is 0.857 bits per heavy atom. The van der Waals surface area contributed by atoms with Crippen LogP contribution in [0.15, 0.2) is 46.9 Å². The van der Waals surface area contributed by atoms with Gasteiger partial charge >= 0.3 is 0 Å². The van der Waals surface area contributed by atoms with Crippen molar-refractivity contribution in [3.05, 3.63) is 46.9 Å². The molecule has 0 spiro atoms. The quantitative estimate of drug-likeness (QED) is 0.539. The predicted molar refractivity (Wildman–Crippen MR) is 67.4 cm³/mol. The van der Waals surface area contributed by atoms with E-state index < -0.39 is 0 Å². The first-order valence-electron chi connectivity index (χ1n) is 4.72. The lowest BCUT2D eigenvalue weighted by Crippen LogP contribution is -2.20. The van der Waals surface area contributed by atoms with Gasteiger partial charge in [0.2, 0.25) is 0 Å². The normalized spacial score (nSPS) is 14.1. The topological polar surface area (TPSA) is 0 Å². The molecule has 2 aromatic carbocycles. The number of rotatable bonds is 0. The van der Waals surface area contributed by atoms with E-state index in [0.717, 1.165) is 0 Å². The van der Waals surface area contributed by atoms with E-state index >= 15 is 0 Å². The minimum atomic E-state index is -0.211. The molecule has 0 aromatic heterocycles. The zero-order valence-corrected chi connectivity index (χ0v) is 10.6. The van der Waals surface area contributed by atoms with Gasteiger partial charge < -0.3 is 0 Å². The summed E-state index contributed by atoms with van der Waals surface area (Å²) in [5.74, 6) is 0. The lowest BCUT2D eigenvalue weighted by Gasteiger charge is -2.03. The Hall–Kier alpha value is -0.863. The Kier molecular flexibility index (Phi) is 1.85. The summed E-state index contributed by atoms with van der Waals surface area (Å²) in [5.41, 5.74) is 2.89. The second kappa shape index (κ2) is 3.07. The van der Waals surface area contributed by atoms with Crippen molar-refractivity contribution in [2.45, 2.75) is 0 Å². The smallest absolute Gasteiger partial charge is 0.0627 e. The maximum absolute atomic E-state index is 3.64. The predicted octanol–water partition coefficient (Wildman–Crippen LogP) is 1.55. The minimum Gasteiger partial charge on any atom is -0.0627 e. The molecule has 0 saturated heterocycles. The molecule has 2 aromatic rings. The molecule has 0 radical (unpaired) electrons. The second-order valence-corrected chi connectivity index (χ2v) is 6.34. The monoisotopic (exact) mass is 260 g/mol.